The second-order valence-electron chi connectivity index (χ2n) is 7.88. The number of pyridine rings is 1. The smallest absolute Gasteiger partial charge is 0.255 e. The Morgan fingerprint density at radius 3 is 2.79 bits per heavy atom. The summed E-state index contributed by atoms with van der Waals surface area (Å²) in [7, 11) is 2.02. The van der Waals surface area contributed by atoms with Gasteiger partial charge in [-0.1, -0.05) is 0 Å². The summed E-state index contributed by atoms with van der Waals surface area (Å²) in [6.07, 6.45) is 10.1. The zero-order chi connectivity index (χ0) is 19.3. The molecule has 2 aromatic heterocycles. The van der Waals surface area contributed by atoms with Crippen LogP contribution in [0.25, 0.3) is 0 Å². The number of likely N-dealkylation sites (N-methyl/N-ethyl adjacent to an activating group) is 1. The van der Waals surface area contributed by atoms with Gasteiger partial charge in [0.15, 0.2) is 0 Å². The fourth-order valence-electron chi connectivity index (χ4n) is 4.10. The molecule has 7 heteroatoms. The van der Waals surface area contributed by atoms with E-state index in [1.165, 1.54) is 0 Å². The number of carbonyl (C=O) groups is 1. The summed E-state index contributed by atoms with van der Waals surface area (Å²) in [4.78, 5) is 21.4. The minimum atomic E-state index is 0.0818. The van der Waals surface area contributed by atoms with Crippen molar-refractivity contribution in [3.63, 3.8) is 0 Å². The molecule has 1 atom stereocenters. The molecular weight excluding hydrogens is 354 g/mol. The molecule has 2 saturated heterocycles. The van der Waals surface area contributed by atoms with Gasteiger partial charge in [0, 0.05) is 58.4 Å². The SMILES string of the molecule is CN(C[C@H]1CCCO1)c1ccc(C(=O)N2CCC(Cn3cccn3)CC2)cn1. The van der Waals surface area contributed by atoms with Gasteiger partial charge in [-0.05, 0) is 49.8 Å². The molecule has 0 radical (unpaired) electrons. The number of hydrogen-bond acceptors (Lipinski definition) is 5. The van der Waals surface area contributed by atoms with Gasteiger partial charge in [0.05, 0.1) is 11.7 Å². The van der Waals surface area contributed by atoms with Crippen molar-refractivity contribution in [3.8, 4) is 0 Å². The van der Waals surface area contributed by atoms with E-state index in [4.69, 9.17) is 4.74 Å². The molecule has 7 nitrogen and oxygen atoms in total. The number of piperidine rings is 1. The highest BCUT2D eigenvalue weighted by atomic mass is 16.5. The second kappa shape index (κ2) is 8.73. The van der Waals surface area contributed by atoms with Crippen LogP contribution in [0.5, 0.6) is 0 Å². The topological polar surface area (TPSA) is 63.5 Å². The lowest BCUT2D eigenvalue weighted by Crippen LogP contribution is -2.39. The standard InChI is InChI=1S/C21H29N5O2/c1-24(16-19-4-2-13-28-19)20-6-5-18(14-22-20)21(27)25-11-7-17(8-12-25)15-26-10-3-9-23-26/h3,5-6,9-10,14,17,19H,2,4,7-8,11-13,15-16H2,1H3/t19-/m1/s1. The van der Waals surface area contributed by atoms with Crippen molar-refractivity contribution < 1.29 is 9.53 Å². The Bertz CT molecular complexity index is 748. The van der Waals surface area contributed by atoms with E-state index in [0.717, 1.165) is 64.3 Å². The molecule has 1 amide bonds. The number of amides is 1. The number of likely N-dealkylation sites (tertiary alicyclic amines) is 1. The number of ether oxygens (including phenoxy) is 1. The fraction of sp³-hybridized carbons (Fsp3) is 0.571. The molecule has 0 saturated carbocycles. The van der Waals surface area contributed by atoms with Crippen molar-refractivity contribution in [1.29, 1.82) is 0 Å². The van der Waals surface area contributed by atoms with Crippen LogP contribution in [0.15, 0.2) is 36.8 Å². The van der Waals surface area contributed by atoms with Crippen LogP contribution in [0.3, 0.4) is 0 Å². The number of rotatable bonds is 6. The molecule has 4 heterocycles. The number of carbonyl (C=O) groups excluding carboxylic acids is 1. The van der Waals surface area contributed by atoms with Gasteiger partial charge < -0.3 is 14.5 Å². The van der Waals surface area contributed by atoms with Crippen molar-refractivity contribution in [2.45, 2.75) is 38.3 Å². The summed E-state index contributed by atoms with van der Waals surface area (Å²) >= 11 is 0. The van der Waals surface area contributed by atoms with Gasteiger partial charge in [0.2, 0.25) is 0 Å². The summed E-state index contributed by atoms with van der Waals surface area (Å²) in [5, 5.41) is 4.28. The normalized spacial score (nSPS) is 20.5. The van der Waals surface area contributed by atoms with Crippen LogP contribution >= 0.6 is 0 Å². The predicted molar refractivity (Wildman–Crippen MR) is 107 cm³/mol. The first-order chi connectivity index (χ1) is 13.7. The highest BCUT2D eigenvalue weighted by Crippen LogP contribution is 2.21. The molecule has 0 unspecified atom stereocenters. The van der Waals surface area contributed by atoms with E-state index in [1.807, 2.05) is 47.2 Å². The largest absolute Gasteiger partial charge is 0.376 e. The number of nitrogens with zero attached hydrogens (tertiary/aromatic N) is 5. The predicted octanol–water partition coefficient (Wildman–Crippen LogP) is 2.45. The van der Waals surface area contributed by atoms with Crippen molar-refractivity contribution >= 4 is 11.7 Å². The lowest BCUT2D eigenvalue weighted by molar-refractivity contribution is 0.0681. The molecule has 0 bridgehead atoms. The monoisotopic (exact) mass is 383 g/mol. The molecule has 2 aliphatic rings. The molecule has 2 aliphatic heterocycles. The van der Waals surface area contributed by atoms with Crippen molar-refractivity contribution in [2.24, 2.45) is 5.92 Å². The van der Waals surface area contributed by atoms with Gasteiger partial charge in [0.1, 0.15) is 5.82 Å². The zero-order valence-corrected chi connectivity index (χ0v) is 16.5. The zero-order valence-electron chi connectivity index (χ0n) is 16.5. The van der Waals surface area contributed by atoms with Crippen molar-refractivity contribution in [3.05, 3.63) is 42.4 Å². The molecule has 0 N–H and O–H groups in total. The van der Waals surface area contributed by atoms with Crippen LogP contribution in [-0.2, 0) is 11.3 Å². The van der Waals surface area contributed by atoms with Gasteiger partial charge in [-0.2, -0.15) is 5.10 Å². The van der Waals surface area contributed by atoms with E-state index in [0.29, 0.717) is 11.5 Å². The summed E-state index contributed by atoms with van der Waals surface area (Å²) in [6.45, 7) is 4.22. The Labute approximate surface area is 166 Å². The molecular formula is C21H29N5O2. The van der Waals surface area contributed by atoms with E-state index >= 15 is 0 Å². The second-order valence-corrected chi connectivity index (χ2v) is 7.88. The van der Waals surface area contributed by atoms with Gasteiger partial charge in [-0.3, -0.25) is 9.48 Å². The van der Waals surface area contributed by atoms with Crippen molar-refractivity contribution in [1.82, 2.24) is 19.7 Å². The lowest BCUT2D eigenvalue weighted by atomic mass is 9.96. The lowest BCUT2D eigenvalue weighted by Gasteiger charge is -2.32. The molecule has 0 aliphatic carbocycles. The molecule has 4 rings (SSSR count). The maximum atomic E-state index is 12.8. The highest BCUT2D eigenvalue weighted by Gasteiger charge is 2.24. The van der Waals surface area contributed by atoms with Gasteiger partial charge in [-0.25, -0.2) is 4.98 Å². The number of aromatic nitrogens is 3. The first-order valence-corrected chi connectivity index (χ1v) is 10.2. The van der Waals surface area contributed by atoms with E-state index < -0.39 is 0 Å². The third-order valence-electron chi connectivity index (χ3n) is 5.79. The van der Waals surface area contributed by atoms with Crippen LogP contribution in [0.4, 0.5) is 5.82 Å². The Hall–Kier alpha value is -2.41. The number of hydrogen-bond donors (Lipinski definition) is 0. The van der Waals surface area contributed by atoms with Crippen molar-refractivity contribution in [2.75, 3.05) is 38.2 Å². The third kappa shape index (κ3) is 4.52. The molecule has 0 aromatic carbocycles. The quantitative estimate of drug-likeness (QED) is 0.767. The van der Waals surface area contributed by atoms with Crippen LogP contribution in [0, 0.1) is 5.92 Å². The summed E-state index contributed by atoms with van der Waals surface area (Å²) in [5.74, 6) is 1.54. The van der Waals surface area contributed by atoms with Crippen LogP contribution in [0.2, 0.25) is 0 Å². The molecule has 2 aromatic rings. The maximum Gasteiger partial charge on any atom is 0.255 e. The van der Waals surface area contributed by atoms with Crippen LogP contribution in [-0.4, -0.2) is 65.0 Å². The minimum absolute atomic E-state index is 0.0818. The van der Waals surface area contributed by atoms with E-state index in [2.05, 4.69) is 15.0 Å². The average Bonchev–Trinajstić information content (AvgIpc) is 3.42. The van der Waals surface area contributed by atoms with Crippen LogP contribution in [0.1, 0.15) is 36.0 Å². The van der Waals surface area contributed by atoms with Gasteiger partial charge in [-0.15, -0.1) is 0 Å². The average molecular weight is 383 g/mol. The van der Waals surface area contributed by atoms with Gasteiger partial charge >= 0.3 is 0 Å². The number of anilines is 1. The molecule has 2 fully saturated rings. The van der Waals surface area contributed by atoms with Gasteiger partial charge in [0.25, 0.3) is 5.91 Å². The fourth-order valence-corrected chi connectivity index (χ4v) is 4.10. The minimum Gasteiger partial charge on any atom is -0.376 e. The maximum absolute atomic E-state index is 12.8. The summed E-state index contributed by atoms with van der Waals surface area (Å²) < 4.78 is 7.68. The first kappa shape index (κ1) is 18.9. The van der Waals surface area contributed by atoms with E-state index in [1.54, 1.807) is 6.20 Å². The Morgan fingerprint density at radius 1 is 1.29 bits per heavy atom. The molecule has 150 valence electrons. The first-order valence-electron chi connectivity index (χ1n) is 10.2. The van der Waals surface area contributed by atoms with E-state index in [9.17, 15) is 4.79 Å². The molecule has 28 heavy (non-hydrogen) atoms. The highest BCUT2D eigenvalue weighted by molar-refractivity contribution is 5.94. The van der Waals surface area contributed by atoms with E-state index in [-0.39, 0.29) is 12.0 Å². The Morgan fingerprint density at radius 2 is 2.14 bits per heavy atom. The summed E-state index contributed by atoms with van der Waals surface area (Å²) in [6, 6.07) is 5.78. The Balaban J connectivity index is 1.28. The Kier molecular flexibility index (Phi) is 5.90. The molecule has 0 spiro atoms. The summed E-state index contributed by atoms with van der Waals surface area (Å²) in [5.41, 5.74) is 0.666. The van der Waals surface area contributed by atoms with Crippen LogP contribution < -0.4 is 4.90 Å². The third-order valence-corrected chi connectivity index (χ3v) is 5.79.